The Kier molecular flexibility index (Phi) is 6.08. The summed E-state index contributed by atoms with van der Waals surface area (Å²) in [5.74, 6) is 1.51. The Morgan fingerprint density at radius 2 is 1.95 bits per heavy atom. The largest absolute Gasteiger partial charge is 0.311 e. The summed E-state index contributed by atoms with van der Waals surface area (Å²) in [5.41, 5.74) is 0. The van der Waals surface area contributed by atoms with Gasteiger partial charge in [-0.1, -0.05) is 33.1 Å². The number of nitrogens with zero attached hydrogens (tertiary/aromatic N) is 1. The molecule has 2 fully saturated rings. The normalized spacial score (nSPS) is 30.9. The molecule has 1 heterocycles. The molecule has 0 aromatic rings. The molecule has 2 rings (SSSR count). The highest BCUT2D eigenvalue weighted by Crippen LogP contribution is 2.29. The predicted octanol–water partition coefficient (Wildman–Crippen LogP) is 3.22. The van der Waals surface area contributed by atoms with Crippen LogP contribution in [0.5, 0.6) is 0 Å². The van der Waals surface area contributed by atoms with Gasteiger partial charge in [-0.25, -0.2) is 0 Å². The van der Waals surface area contributed by atoms with Gasteiger partial charge in [0.05, 0.1) is 6.67 Å². The zero-order valence-corrected chi connectivity index (χ0v) is 12.7. The first-order valence-corrected chi connectivity index (χ1v) is 8.25. The Bertz CT molecular complexity index is 251. The first-order valence-electron chi connectivity index (χ1n) is 8.25. The fraction of sp³-hybridized carbons (Fsp3) is 1.00. The fourth-order valence-electron chi connectivity index (χ4n) is 3.88. The number of hydrogen-bond acceptors (Lipinski definition) is 2. The number of piperazine rings is 1. The summed E-state index contributed by atoms with van der Waals surface area (Å²) in [6, 6.07) is 1.24. The second kappa shape index (κ2) is 7.58. The van der Waals surface area contributed by atoms with Crippen LogP contribution in [0.3, 0.4) is 0 Å². The molecule has 1 saturated carbocycles. The van der Waals surface area contributed by atoms with Gasteiger partial charge in [-0.15, -0.1) is 0 Å². The van der Waals surface area contributed by atoms with Gasteiger partial charge in [0.1, 0.15) is 0 Å². The van der Waals surface area contributed by atoms with Gasteiger partial charge in [0.25, 0.3) is 0 Å². The molecule has 2 nitrogen and oxygen atoms in total. The van der Waals surface area contributed by atoms with E-state index < -0.39 is 0 Å². The SMILES string of the molecule is CC(C)C1CNC(C2CCCCC2)CN1CCCF. The lowest BCUT2D eigenvalue weighted by Crippen LogP contribution is -2.60. The van der Waals surface area contributed by atoms with Gasteiger partial charge >= 0.3 is 0 Å². The molecule has 0 radical (unpaired) electrons. The third kappa shape index (κ3) is 4.16. The average Bonchev–Trinajstić information content (AvgIpc) is 2.45. The van der Waals surface area contributed by atoms with E-state index in [2.05, 4.69) is 24.1 Å². The maximum atomic E-state index is 12.5. The van der Waals surface area contributed by atoms with Gasteiger partial charge in [-0.05, 0) is 31.1 Å². The highest BCUT2D eigenvalue weighted by atomic mass is 19.1. The first kappa shape index (κ1) is 15.2. The predicted molar refractivity (Wildman–Crippen MR) is 79.2 cm³/mol. The summed E-state index contributed by atoms with van der Waals surface area (Å²) in [4.78, 5) is 2.56. The van der Waals surface area contributed by atoms with E-state index in [0.29, 0.717) is 24.4 Å². The van der Waals surface area contributed by atoms with Crippen LogP contribution >= 0.6 is 0 Å². The number of rotatable bonds is 5. The smallest absolute Gasteiger partial charge is 0.0906 e. The number of nitrogens with one attached hydrogen (secondary N) is 1. The topological polar surface area (TPSA) is 15.3 Å². The molecule has 0 aromatic heterocycles. The fourth-order valence-corrected chi connectivity index (χ4v) is 3.88. The van der Waals surface area contributed by atoms with Gasteiger partial charge < -0.3 is 5.32 Å². The molecular formula is C16H31FN2. The zero-order valence-electron chi connectivity index (χ0n) is 12.7. The van der Waals surface area contributed by atoms with Gasteiger partial charge in [0.2, 0.25) is 0 Å². The summed E-state index contributed by atoms with van der Waals surface area (Å²) in [6.07, 6.45) is 7.70. The molecule has 1 saturated heterocycles. The summed E-state index contributed by atoms with van der Waals surface area (Å²) in [5, 5.41) is 3.79. The summed E-state index contributed by atoms with van der Waals surface area (Å²) < 4.78 is 12.5. The second-order valence-electron chi connectivity index (χ2n) is 6.76. The monoisotopic (exact) mass is 270 g/mol. The second-order valence-corrected chi connectivity index (χ2v) is 6.76. The van der Waals surface area contributed by atoms with Crippen molar-refractivity contribution in [2.75, 3.05) is 26.3 Å². The molecule has 0 spiro atoms. The molecule has 2 aliphatic rings. The van der Waals surface area contributed by atoms with Crippen LogP contribution in [0.15, 0.2) is 0 Å². The summed E-state index contributed by atoms with van der Waals surface area (Å²) in [6.45, 7) is 7.55. The van der Waals surface area contributed by atoms with Crippen molar-refractivity contribution >= 4 is 0 Å². The van der Waals surface area contributed by atoms with Crippen LogP contribution < -0.4 is 5.32 Å². The van der Waals surface area contributed by atoms with Gasteiger partial charge in [0.15, 0.2) is 0 Å². The lowest BCUT2D eigenvalue weighted by Gasteiger charge is -2.45. The maximum Gasteiger partial charge on any atom is 0.0906 e. The van der Waals surface area contributed by atoms with E-state index in [1.807, 2.05) is 0 Å². The van der Waals surface area contributed by atoms with Crippen LogP contribution in [0.25, 0.3) is 0 Å². The van der Waals surface area contributed by atoms with Crippen molar-refractivity contribution in [1.82, 2.24) is 10.2 Å². The van der Waals surface area contributed by atoms with Crippen LogP contribution in [0.4, 0.5) is 4.39 Å². The minimum absolute atomic E-state index is 0.178. The molecule has 112 valence electrons. The molecule has 1 aliphatic heterocycles. The van der Waals surface area contributed by atoms with Gasteiger partial charge in [-0.2, -0.15) is 0 Å². The van der Waals surface area contributed by atoms with Crippen molar-refractivity contribution in [2.24, 2.45) is 11.8 Å². The molecule has 0 aromatic carbocycles. The van der Waals surface area contributed by atoms with Crippen LogP contribution in [-0.2, 0) is 0 Å². The van der Waals surface area contributed by atoms with E-state index in [1.165, 1.54) is 32.1 Å². The van der Waals surface area contributed by atoms with Crippen molar-refractivity contribution in [3.8, 4) is 0 Å². The van der Waals surface area contributed by atoms with E-state index in [9.17, 15) is 4.39 Å². The Morgan fingerprint density at radius 1 is 1.21 bits per heavy atom. The number of halogens is 1. The third-order valence-corrected chi connectivity index (χ3v) is 5.06. The molecular weight excluding hydrogens is 239 g/mol. The van der Waals surface area contributed by atoms with Crippen molar-refractivity contribution in [2.45, 2.75) is 64.5 Å². The lowest BCUT2D eigenvalue weighted by atomic mass is 9.82. The van der Waals surface area contributed by atoms with Crippen LogP contribution in [-0.4, -0.2) is 43.3 Å². The minimum atomic E-state index is -0.178. The first-order chi connectivity index (χ1) is 9.22. The molecule has 1 aliphatic carbocycles. The van der Waals surface area contributed by atoms with E-state index in [1.54, 1.807) is 0 Å². The minimum Gasteiger partial charge on any atom is -0.311 e. The third-order valence-electron chi connectivity index (χ3n) is 5.06. The maximum absolute atomic E-state index is 12.5. The van der Waals surface area contributed by atoms with Gasteiger partial charge in [0, 0.05) is 31.7 Å². The molecule has 1 N–H and O–H groups in total. The van der Waals surface area contributed by atoms with E-state index in [4.69, 9.17) is 0 Å². The summed E-state index contributed by atoms with van der Waals surface area (Å²) >= 11 is 0. The van der Waals surface area contributed by atoms with E-state index in [-0.39, 0.29) is 6.67 Å². The Morgan fingerprint density at radius 3 is 2.58 bits per heavy atom. The molecule has 3 heteroatoms. The van der Waals surface area contributed by atoms with E-state index in [0.717, 1.165) is 25.6 Å². The highest BCUT2D eigenvalue weighted by molar-refractivity contribution is 4.91. The molecule has 0 bridgehead atoms. The van der Waals surface area contributed by atoms with Crippen LogP contribution in [0, 0.1) is 11.8 Å². The van der Waals surface area contributed by atoms with Crippen molar-refractivity contribution < 1.29 is 4.39 Å². The molecule has 19 heavy (non-hydrogen) atoms. The number of hydrogen-bond donors (Lipinski definition) is 1. The van der Waals surface area contributed by atoms with Crippen LogP contribution in [0.1, 0.15) is 52.4 Å². The number of alkyl halides is 1. The van der Waals surface area contributed by atoms with Gasteiger partial charge in [-0.3, -0.25) is 9.29 Å². The van der Waals surface area contributed by atoms with Crippen LogP contribution in [0.2, 0.25) is 0 Å². The average molecular weight is 270 g/mol. The summed E-state index contributed by atoms with van der Waals surface area (Å²) in [7, 11) is 0. The quantitative estimate of drug-likeness (QED) is 0.825. The lowest BCUT2D eigenvalue weighted by molar-refractivity contribution is 0.0696. The van der Waals surface area contributed by atoms with E-state index >= 15 is 0 Å². The molecule has 2 atom stereocenters. The Labute approximate surface area is 118 Å². The Hall–Kier alpha value is -0.150. The Balaban J connectivity index is 1.90. The van der Waals surface area contributed by atoms with Crippen molar-refractivity contribution in [3.63, 3.8) is 0 Å². The van der Waals surface area contributed by atoms with Crippen molar-refractivity contribution in [1.29, 1.82) is 0 Å². The van der Waals surface area contributed by atoms with Crippen molar-refractivity contribution in [3.05, 3.63) is 0 Å². The zero-order chi connectivity index (χ0) is 13.7. The molecule has 2 unspecified atom stereocenters. The standard InChI is InChI=1S/C16H31FN2/c1-13(2)16-11-18-15(12-19(16)10-6-9-17)14-7-4-3-5-8-14/h13-16,18H,3-12H2,1-2H3. The molecule has 0 amide bonds. The highest BCUT2D eigenvalue weighted by Gasteiger charge is 2.33.